The number of hydrogen-bond donors (Lipinski definition) is 0. The number of pyridine rings is 2. The quantitative estimate of drug-likeness (QED) is 0.129. The minimum Gasteiger partial charge on any atom is -0.501 e. The Labute approximate surface area is 286 Å². The Morgan fingerprint density at radius 2 is 1.61 bits per heavy atom. The molecule has 0 bridgehead atoms. The molecule has 6 heteroatoms. The average Bonchev–Trinajstić information content (AvgIpc) is 3.43. The molecule has 4 aromatic carbocycles. The number of furan rings is 1. The van der Waals surface area contributed by atoms with E-state index in [4.69, 9.17) is 5.79 Å². The number of halogens is 1. The zero-order valence-corrected chi connectivity index (χ0v) is 29.9. The van der Waals surface area contributed by atoms with Crippen LogP contribution < -0.4 is 5.19 Å². The first kappa shape index (κ1) is 31.7. The van der Waals surface area contributed by atoms with Gasteiger partial charge in [0.2, 0.25) is 0 Å². The molecule has 3 aromatic heterocycles. The zero-order valence-electron chi connectivity index (χ0n) is 27.5. The topological polar surface area (TPSA) is 38.9 Å². The molecule has 0 unspecified atom stereocenters. The summed E-state index contributed by atoms with van der Waals surface area (Å²) in [5.74, 6) is -0.991. The van der Waals surface area contributed by atoms with Gasteiger partial charge in [0.25, 0.3) is 0 Å². The smallest absolute Gasteiger partial charge is 0.131 e. The van der Waals surface area contributed by atoms with Crippen LogP contribution in [0.2, 0.25) is 19.6 Å². The van der Waals surface area contributed by atoms with Gasteiger partial charge >= 0.3 is 0 Å². The maximum absolute atomic E-state index is 14.2. The second-order valence-corrected chi connectivity index (χ2v) is 17.4. The minimum absolute atomic E-state index is 0. The fourth-order valence-electron chi connectivity index (χ4n) is 5.22. The van der Waals surface area contributed by atoms with E-state index in [0.29, 0.717) is 22.4 Å². The summed E-state index contributed by atoms with van der Waals surface area (Å²) in [5, 5.41) is 3.31. The van der Waals surface area contributed by atoms with Gasteiger partial charge in [-0.25, -0.2) is 4.39 Å². The summed E-state index contributed by atoms with van der Waals surface area (Å²) in [6.07, 6.45) is 3.73. The van der Waals surface area contributed by atoms with E-state index in [9.17, 15) is 4.39 Å². The third-order valence-corrected chi connectivity index (χ3v) is 9.85. The Kier molecular flexibility index (Phi) is 9.69. The maximum atomic E-state index is 14.2. The van der Waals surface area contributed by atoms with Crippen molar-refractivity contribution >= 4 is 35.2 Å². The van der Waals surface area contributed by atoms with E-state index in [1.54, 1.807) is 18.3 Å². The molecule has 0 spiro atoms. The first-order chi connectivity index (χ1) is 22.0. The Balaban J connectivity index is 0.000000217. The molecule has 1 radical (unpaired) electrons. The van der Waals surface area contributed by atoms with Crippen LogP contribution in [0.1, 0.15) is 26.7 Å². The molecule has 7 rings (SSSR count). The van der Waals surface area contributed by atoms with Gasteiger partial charge < -0.3 is 14.4 Å². The number of fused-ring (bicyclic) bond motifs is 3. The van der Waals surface area contributed by atoms with E-state index in [0.717, 1.165) is 38.7 Å². The summed E-state index contributed by atoms with van der Waals surface area (Å²) in [5.41, 5.74) is 7.08. The van der Waals surface area contributed by atoms with Gasteiger partial charge in [0, 0.05) is 44.8 Å². The van der Waals surface area contributed by atoms with Crippen molar-refractivity contribution in [3.05, 3.63) is 139 Å². The van der Waals surface area contributed by atoms with Gasteiger partial charge in [0.15, 0.2) is 0 Å². The second kappa shape index (κ2) is 14.0. The van der Waals surface area contributed by atoms with E-state index in [1.165, 1.54) is 11.3 Å². The summed E-state index contributed by atoms with van der Waals surface area (Å²) in [4.78, 5) is 9.01. The fourth-order valence-corrected chi connectivity index (χ4v) is 6.26. The minimum atomic E-state index is -1.23. The van der Waals surface area contributed by atoms with Crippen molar-refractivity contribution in [1.29, 1.82) is 0 Å². The van der Waals surface area contributed by atoms with Crippen molar-refractivity contribution in [3.8, 4) is 33.6 Å². The molecule has 0 N–H and O–H groups in total. The normalized spacial score (nSPS) is 11.8. The van der Waals surface area contributed by atoms with Gasteiger partial charge in [-0.05, 0) is 46.2 Å². The van der Waals surface area contributed by atoms with E-state index in [-0.39, 0.29) is 25.9 Å². The van der Waals surface area contributed by atoms with E-state index < -0.39 is 14.0 Å². The van der Waals surface area contributed by atoms with Crippen LogP contribution in [0, 0.1) is 17.9 Å². The second-order valence-electron chi connectivity index (χ2n) is 12.3. The monoisotopic (exact) mass is 800 g/mol. The molecule has 3 heterocycles. The van der Waals surface area contributed by atoms with Crippen LogP contribution in [0.3, 0.4) is 0 Å². The number of rotatable bonds is 5. The summed E-state index contributed by atoms with van der Waals surface area (Å²) in [6, 6.07) is 38.7. The van der Waals surface area contributed by atoms with E-state index in [2.05, 4.69) is 53.9 Å². The molecular weight excluding hydrogens is 764 g/mol. The summed E-state index contributed by atoms with van der Waals surface area (Å²) in [7, 11) is -1.23. The average molecular weight is 800 g/mol. The molecule has 3 nitrogen and oxygen atoms in total. The Bertz CT molecular complexity index is 2140. The zero-order chi connectivity index (χ0) is 32.5. The molecule has 0 saturated heterocycles. The number of aromatic nitrogens is 2. The standard InChI is InChI=1S/C26H19FNO.C14H16NSi.Ir/c1-16(2)17-12-13-28-24(14-17)22-8-5-7-21-20-11-10-18(15-25(20)29-26(21)22)19-6-3-4-9-23(19)27;1-16(2,3)13-9-10-14(15-11-13)12-7-5-4-6-8-12;/h3-7,9-16H,1-2H3;4-7,9-11H,1-3H3;/q2*-1;/i16D;;. The largest absolute Gasteiger partial charge is 0.501 e. The molecule has 0 fully saturated rings. The van der Waals surface area contributed by atoms with Crippen LogP contribution in [0.25, 0.3) is 55.6 Å². The summed E-state index contributed by atoms with van der Waals surface area (Å²) >= 11 is 0. The number of nitrogens with zero attached hydrogens (tertiary/aromatic N) is 2. The van der Waals surface area contributed by atoms with Gasteiger partial charge in [0.05, 0.1) is 13.7 Å². The molecule has 0 aliphatic carbocycles. The van der Waals surface area contributed by atoms with Gasteiger partial charge in [-0.1, -0.05) is 98.5 Å². The predicted octanol–water partition coefficient (Wildman–Crippen LogP) is 10.5. The first-order valence-electron chi connectivity index (χ1n) is 15.5. The van der Waals surface area contributed by atoms with Crippen LogP contribution in [-0.2, 0) is 20.1 Å². The SMILES string of the molecule is C[Si](C)(C)c1ccc(-c2[c-]cccc2)nc1.[2H]C(C)(C)c1ccnc(-c2[c-]ccc3c2oc2cc(-c4ccccc4F)ccc23)c1.[Ir]. The molecule has 0 aliphatic rings. The van der Waals surface area contributed by atoms with E-state index >= 15 is 0 Å². The van der Waals surface area contributed by atoms with Crippen LogP contribution in [0.5, 0.6) is 0 Å². The fraction of sp³-hybridized carbons (Fsp3) is 0.150. The summed E-state index contributed by atoms with van der Waals surface area (Å²) in [6.45, 7) is 10.7. The van der Waals surface area contributed by atoms with Crippen LogP contribution >= 0.6 is 0 Å². The van der Waals surface area contributed by atoms with E-state index in [1.807, 2.05) is 92.8 Å². The molecule has 0 aliphatic heterocycles. The van der Waals surface area contributed by atoms with Crippen LogP contribution in [0.15, 0.2) is 120 Å². The van der Waals surface area contributed by atoms with Gasteiger partial charge in [0.1, 0.15) is 11.4 Å². The van der Waals surface area contributed by atoms with Crippen molar-refractivity contribution < 1.29 is 30.3 Å². The van der Waals surface area contributed by atoms with Crippen molar-refractivity contribution in [2.75, 3.05) is 0 Å². The predicted molar refractivity (Wildman–Crippen MR) is 187 cm³/mol. The molecule has 0 atom stereocenters. The Morgan fingerprint density at radius 3 is 2.30 bits per heavy atom. The molecular formula is C40H35FIrN2OSi-2. The van der Waals surface area contributed by atoms with Gasteiger partial charge in [-0.15, -0.1) is 54.1 Å². The van der Waals surface area contributed by atoms with Crippen molar-refractivity contribution in [2.24, 2.45) is 0 Å². The molecule has 0 amide bonds. The Hall–Kier alpha value is -4.22. The molecule has 46 heavy (non-hydrogen) atoms. The molecule has 0 saturated carbocycles. The van der Waals surface area contributed by atoms with Crippen molar-refractivity contribution in [1.82, 2.24) is 9.97 Å². The van der Waals surface area contributed by atoms with Crippen molar-refractivity contribution in [3.63, 3.8) is 0 Å². The third kappa shape index (κ3) is 7.10. The third-order valence-electron chi connectivity index (χ3n) is 7.83. The van der Waals surface area contributed by atoms with Gasteiger partial charge in [-0.2, -0.15) is 0 Å². The first-order valence-corrected chi connectivity index (χ1v) is 18.5. The van der Waals surface area contributed by atoms with Crippen LogP contribution in [0.4, 0.5) is 4.39 Å². The maximum Gasteiger partial charge on any atom is 0.131 e. The summed E-state index contributed by atoms with van der Waals surface area (Å²) < 4.78 is 28.8. The van der Waals surface area contributed by atoms with Crippen molar-refractivity contribution in [2.45, 2.75) is 39.4 Å². The van der Waals surface area contributed by atoms with Gasteiger partial charge in [-0.3, -0.25) is 0 Å². The van der Waals surface area contributed by atoms with Crippen LogP contribution in [-0.4, -0.2) is 18.0 Å². The number of benzene rings is 4. The number of hydrogen-bond acceptors (Lipinski definition) is 3. The molecule has 7 aromatic rings. The Morgan fingerprint density at radius 1 is 0.804 bits per heavy atom. The molecule has 233 valence electrons.